The highest BCUT2D eigenvalue weighted by molar-refractivity contribution is 7.92. The first-order valence-electron chi connectivity index (χ1n) is 10.6. The third kappa shape index (κ3) is 5.90. The SMILES string of the molecule is COCCS(=O)(=O)C(C(=O)NCC(=O)NC1CC1)c1nc2cc(-c3cncc(Cl)c3)ccc2s1. The number of benzene rings is 1. The van der Waals surface area contributed by atoms with Crippen molar-refractivity contribution in [3.8, 4) is 11.1 Å². The molecule has 0 saturated heterocycles. The van der Waals surface area contributed by atoms with Gasteiger partial charge in [-0.1, -0.05) is 17.7 Å². The molecule has 2 aromatic heterocycles. The highest BCUT2D eigenvalue weighted by atomic mass is 35.5. The number of amides is 2. The highest BCUT2D eigenvalue weighted by Crippen LogP contribution is 2.34. The molecule has 1 saturated carbocycles. The van der Waals surface area contributed by atoms with E-state index in [9.17, 15) is 18.0 Å². The zero-order chi connectivity index (χ0) is 24.3. The average Bonchev–Trinajstić information content (AvgIpc) is 3.51. The monoisotopic (exact) mass is 522 g/mol. The number of carbonyl (C=O) groups excluding carboxylic acids is 2. The predicted molar refractivity (Wildman–Crippen MR) is 130 cm³/mol. The Morgan fingerprint density at radius 3 is 2.74 bits per heavy atom. The summed E-state index contributed by atoms with van der Waals surface area (Å²) >= 11 is 7.16. The summed E-state index contributed by atoms with van der Waals surface area (Å²) in [4.78, 5) is 33.6. The predicted octanol–water partition coefficient (Wildman–Crippen LogP) is 2.51. The lowest BCUT2D eigenvalue weighted by atomic mass is 10.1. The molecule has 1 aromatic carbocycles. The van der Waals surface area contributed by atoms with E-state index in [2.05, 4.69) is 20.6 Å². The van der Waals surface area contributed by atoms with Crippen LogP contribution in [0.25, 0.3) is 21.3 Å². The second-order valence-electron chi connectivity index (χ2n) is 7.93. The van der Waals surface area contributed by atoms with Gasteiger partial charge in [0.15, 0.2) is 15.1 Å². The van der Waals surface area contributed by atoms with Gasteiger partial charge in [0.25, 0.3) is 0 Å². The Morgan fingerprint density at radius 1 is 1.24 bits per heavy atom. The van der Waals surface area contributed by atoms with E-state index in [0.29, 0.717) is 10.5 Å². The molecule has 1 fully saturated rings. The molecule has 0 radical (unpaired) electrons. The maximum Gasteiger partial charge on any atom is 0.245 e. The summed E-state index contributed by atoms with van der Waals surface area (Å²) in [5, 5.41) is 4.29. The topological polar surface area (TPSA) is 127 Å². The van der Waals surface area contributed by atoms with E-state index in [-0.39, 0.29) is 35.9 Å². The van der Waals surface area contributed by atoms with Crippen molar-refractivity contribution in [3.63, 3.8) is 0 Å². The fraction of sp³-hybridized carbons (Fsp3) is 0.364. The maximum absolute atomic E-state index is 13.1. The lowest BCUT2D eigenvalue weighted by molar-refractivity contribution is -0.126. The Morgan fingerprint density at radius 2 is 2.03 bits per heavy atom. The molecule has 2 heterocycles. The number of methoxy groups -OCH3 is 1. The number of hydrogen-bond acceptors (Lipinski definition) is 8. The third-order valence-electron chi connectivity index (χ3n) is 5.20. The standard InChI is InChI=1S/C22H23ClN4O5S2/c1-32-6-7-34(30,31)20(21(29)25-12-19(28)26-16-3-4-16)22-27-17-9-13(2-5-18(17)33-22)14-8-15(23)11-24-10-14/h2,5,8-11,16,20H,3-4,6-7,12H2,1H3,(H,25,29)(H,26,28). The summed E-state index contributed by atoms with van der Waals surface area (Å²) in [5.41, 5.74) is 2.13. The number of carbonyl (C=O) groups is 2. The Bertz CT molecular complexity index is 1320. The van der Waals surface area contributed by atoms with Crippen molar-refractivity contribution in [2.24, 2.45) is 0 Å². The minimum atomic E-state index is -3.96. The number of ether oxygens (including phenoxy) is 1. The van der Waals surface area contributed by atoms with Crippen LogP contribution >= 0.6 is 22.9 Å². The van der Waals surface area contributed by atoms with Crippen LogP contribution in [0, 0.1) is 0 Å². The average molecular weight is 523 g/mol. The van der Waals surface area contributed by atoms with Crippen LogP contribution in [0.5, 0.6) is 0 Å². The number of hydrogen-bond donors (Lipinski definition) is 2. The van der Waals surface area contributed by atoms with Crippen LogP contribution in [-0.2, 0) is 24.2 Å². The summed E-state index contributed by atoms with van der Waals surface area (Å²) in [7, 11) is -2.57. The van der Waals surface area contributed by atoms with Crippen molar-refractivity contribution in [2.45, 2.75) is 24.1 Å². The molecule has 3 aromatic rings. The summed E-state index contributed by atoms with van der Waals surface area (Å²) in [6, 6.07) is 7.36. The molecule has 4 rings (SSSR count). The Labute approximate surface area is 205 Å². The molecule has 0 bridgehead atoms. The van der Waals surface area contributed by atoms with E-state index in [0.717, 1.165) is 40.0 Å². The van der Waals surface area contributed by atoms with E-state index < -0.39 is 21.0 Å². The van der Waals surface area contributed by atoms with Crippen LogP contribution in [0.1, 0.15) is 23.1 Å². The number of nitrogens with zero attached hydrogens (tertiary/aromatic N) is 2. The van der Waals surface area contributed by atoms with Gasteiger partial charge in [0.05, 0.1) is 34.1 Å². The first kappa shape index (κ1) is 24.5. The maximum atomic E-state index is 13.1. The molecule has 2 amide bonds. The van der Waals surface area contributed by atoms with Gasteiger partial charge in [0, 0.05) is 31.1 Å². The van der Waals surface area contributed by atoms with E-state index in [4.69, 9.17) is 16.3 Å². The molecule has 0 spiro atoms. The lowest BCUT2D eigenvalue weighted by Gasteiger charge is -2.15. The van der Waals surface area contributed by atoms with Gasteiger partial charge < -0.3 is 15.4 Å². The smallest absolute Gasteiger partial charge is 0.245 e. The first-order valence-corrected chi connectivity index (χ1v) is 13.5. The van der Waals surface area contributed by atoms with Gasteiger partial charge in [-0.2, -0.15) is 0 Å². The van der Waals surface area contributed by atoms with E-state index >= 15 is 0 Å². The molecule has 1 aliphatic carbocycles. The molecule has 0 aliphatic heterocycles. The van der Waals surface area contributed by atoms with Gasteiger partial charge in [0.2, 0.25) is 11.8 Å². The van der Waals surface area contributed by atoms with Crippen LogP contribution < -0.4 is 10.6 Å². The van der Waals surface area contributed by atoms with Gasteiger partial charge in [-0.15, -0.1) is 11.3 Å². The molecule has 9 nitrogen and oxygen atoms in total. The number of rotatable bonds is 10. The van der Waals surface area contributed by atoms with E-state index in [1.165, 1.54) is 13.3 Å². The zero-order valence-corrected chi connectivity index (χ0v) is 20.7. The number of thiazole rings is 1. The fourth-order valence-corrected chi connectivity index (χ4v) is 6.41. The van der Waals surface area contributed by atoms with Crippen LogP contribution in [0.4, 0.5) is 0 Å². The molecule has 2 N–H and O–H groups in total. The van der Waals surface area contributed by atoms with Gasteiger partial charge in [-0.05, 0) is 36.6 Å². The van der Waals surface area contributed by atoms with Gasteiger partial charge >= 0.3 is 0 Å². The minimum absolute atomic E-state index is 0.0644. The molecule has 1 unspecified atom stereocenters. The van der Waals surface area contributed by atoms with Crippen molar-refractivity contribution in [2.75, 3.05) is 26.0 Å². The van der Waals surface area contributed by atoms with Crippen LogP contribution in [0.15, 0.2) is 36.7 Å². The molecule has 1 aliphatic rings. The zero-order valence-electron chi connectivity index (χ0n) is 18.3. The molecule has 1 atom stereocenters. The first-order chi connectivity index (χ1) is 16.3. The number of halogens is 1. The molecule has 34 heavy (non-hydrogen) atoms. The van der Waals surface area contributed by atoms with Gasteiger partial charge in [-0.25, -0.2) is 13.4 Å². The van der Waals surface area contributed by atoms with Crippen molar-refractivity contribution >= 4 is 54.8 Å². The van der Waals surface area contributed by atoms with Crippen LogP contribution in [0.3, 0.4) is 0 Å². The van der Waals surface area contributed by atoms with Crippen LogP contribution in [0.2, 0.25) is 5.02 Å². The summed E-state index contributed by atoms with van der Waals surface area (Å²) in [6.07, 6.45) is 5.02. The number of nitrogens with one attached hydrogen (secondary N) is 2. The van der Waals surface area contributed by atoms with E-state index in [1.807, 2.05) is 12.1 Å². The molecule has 180 valence electrons. The number of sulfone groups is 1. The second kappa shape index (κ2) is 10.3. The third-order valence-corrected chi connectivity index (χ3v) is 8.55. The normalized spacial score (nSPS) is 14.6. The second-order valence-corrected chi connectivity index (χ2v) is 11.6. The largest absolute Gasteiger partial charge is 0.384 e. The quantitative estimate of drug-likeness (QED) is 0.418. The highest BCUT2D eigenvalue weighted by Gasteiger charge is 2.37. The number of fused-ring (bicyclic) bond motifs is 1. The molecule has 12 heteroatoms. The summed E-state index contributed by atoms with van der Waals surface area (Å²) in [5.74, 6) is -1.50. The molecular weight excluding hydrogens is 500 g/mol. The Balaban J connectivity index is 1.63. The van der Waals surface area contributed by atoms with Crippen molar-refractivity contribution < 1.29 is 22.7 Å². The Kier molecular flexibility index (Phi) is 7.46. The van der Waals surface area contributed by atoms with Crippen molar-refractivity contribution in [1.29, 1.82) is 0 Å². The van der Waals surface area contributed by atoms with Crippen molar-refractivity contribution in [1.82, 2.24) is 20.6 Å². The Hall–Kier alpha value is -2.60. The number of aromatic nitrogens is 2. The van der Waals surface area contributed by atoms with Gasteiger partial charge in [-0.3, -0.25) is 14.6 Å². The van der Waals surface area contributed by atoms with E-state index in [1.54, 1.807) is 18.3 Å². The lowest BCUT2D eigenvalue weighted by Crippen LogP contribution is -2.41. The number of pyridine rings is 1. The summed E-state index contributed by atoms with van der Waals surface area (Å²) < 4.78 is 31.8. The van der Waals surface area contributed by atoms with Gasteiger partial charge in [0.1, 0.15) is 5.01 Å². The summed E-state index contributed by atoms with van der Waals surface area (Å²) in [6.45, 7) is -0.368. The van der Waals surface area contributed by atoms with Crippen molar-refractivity contribution in [3.05, 3.63) is 46.7 Å². The van der Waals surface area contributed by atoms with Crippen LogP contribution in [-0.4, -0.2) is 62.3 Å². The fourth-order valence-electron chi connectivity index (χ4n) is 3.32. The minimum Gasteiger partial charge on any atom is -0.384 e. The molecular formula is C22H23ClN4O5S2.